The van der Waals surface area contributed by atoms with Crippen LogP contribution in [0.1, 0.15) is 11.1 Å². The second kappa shape index (κ2) is 4.74. The van der Waals surface area contributed by atoms with Crippen molar-refractivity contribution in [2.45, 2.75) is 19.4 Å². The quantitative estimate of drug-likeness (QED) is 0.773. The Labute approximate surface area is 89.8 Å². The average Bonchev–Trinajstić information content (AvgIpc) is 1.99. The lowest BCUT2D eigenvalue weighted by molar-refractivity contribution is 0.198. The molecular formula is C10H15NO3S. The Morgan fingerprint density at radius 3 is 2.67 bits per heavy atom. The number of hydrogen-bond donors (Lipinski definition) is 2. The molecule has 0 aliphatic heterocycles. The van der Waals surface area contributed by atoms with Gasteiger partial charge >= 0.3 is 0 Å². The first-order chi connectivity index (χ1) is 6.87. The van der Waals surface area contributed by atoms with Crippen molar-refractivity contribution in [3.05, 3.63) is 35.4 Å². The number of aliphatic hydroxyl groups excluding tert-OH is 1. The number of sulfonamides is 1. The van der Waals surface area contributed by atoms with Crippen molar-refractivity contribution in [1.82, 2.24) is 0 Å². The van der Waals surface area contributed by atoms with Crippen LogP contribution >= 0.6 is 0 Å². The predicted molar refractivity (Wildman–Crippen MR) is 58.9 cm³/mol. The number of nitrogens with two attached hydrogens (primary N) is 1. The first-order valence-electron chi connectivity index (χ1n) is 4.61. The van der Waals surface area contributed by atoms with Gasteiger partial charge in [-0.25, -0.2) is 13.6 Å². The molecule has 0 aromatic heterocycles. The molecule has 3 N–H and O–H groups in total. The molecule has 0 radical (unpaired) electrons. The van der Waals surface area contributed by atoms with Crippen molar-refractivity contribution in [3.8, 4) is 0 Å². The van der Waals surface area contributed by atoms with Gasteiger partial charge in [0.05, 0.1) is 11.9 Å². The van der Waals surface area contributed by atoms with Crippen LogP contribution < -0.4 is 5.14 Å². The van der Waals surface area contributed by atoms with Gasteiger partial charge in [0.1, 0.15) is 0 Å². The highest BCUT2D eigenvalue weighted by Gasteiger charge is 2.13. The van der Waals surface area contributed by atoms with Crippen LogP contribution in [0, 0.1) is 6.92 Å². The van der Waals surface area contributed by atoms with Crippen molar-refractivity contribution in [3.63, 3.8) is 0 Å². The van der Waals surface area contributed by atoms with Gasteiger partial charge in [-0.05, 0) is 18.9 Å². The molecule has 0 aliphatic carbocycles. The fourth-order valence-corrected chi connectivity index (χ4v) is 2.09. The summed E-state index contributed by atoms with van der Waals surface area (Å²) in [6.45, 7) is 1.94. The van der Waals surface area contributed by atoms with Crippen LogP contribution in [0.2, 0.25) is 0 Å². The summed E-state index contributed by atoms with van der Waals surface area (Å²) in [4.78, 5) is 0. The molecular weight excluding hydrogens is 214 g/mol. The summed E-state index contributed by atoms with van der Waals surface area (Å²) in [6.07, 6.45) is -0.639. The summed E-state index contributed by atoms with van der Waals surface area (Å²) in [7, 11) is -3.60. The minimum atomic E-state index is -3.60. The van der Waals surface area contributed by atoms with Gasteiger partial charge in [-0.15, -0.1) is 0 Å². The van der Waals surface area contributed by atoms with E-state index in [4.69, 9.17) is 5.14 Å². The Kier molecular flexibility index (Phi) is 3.84. The maximum Gasteiger partial charge on any atom is 0.211 e. The van der Waals surface area contributed by atoms with E-state index >= 15 is 0 Å². The molecule has 1 rings (SSSR count). The summed E-state index contributed by atoms with van der Waals surface area (Å²) in [5, 5.41) is 14.3. The van der Waals surface area contributed by atoms with E-state index in [0.29, 0.717) is 6.42 Å². The Hall–Kier alpha value is -0.910. The van der Waals surface area contributed by atoms with Crippen molar-refractivity contribution in [2.75, 3.05) is 5.75 Å². The van der Waals surface area contributed by atoms with Crippen LogP contribution in [0.3, 0.4) is 0 Å². The molecule has 0 bridgehead atoms. The van der Waals surface area contributed by atoms with E-state index in [1.807, 2.05) is 31.2 Å². The molecule has 0 amide bonds. The molecule has 0 aliphatic rings. The third-order valence-corrected chi connectivity index (χ3v) is 2.83. The van der Waals surface area contributed by atoms with E-state index in [-0.39, 0.29) is 0 Å². The van der Waals surface area contributed by atoms with E-state index in [0.717, 1.165) is 11.1 Å². The van der Waals surface area contributed by atoms with Crippen molar-refractivity contribution >= 4 is 10.0 Å². The number of benzene rings is 1. The highest BCUT2D eigenvalue weighted by molar-refractivity contribution is 7.89. The van der Waals surface area contributed by atoms with Gasteiger partial charge in [-0.3, -0.25) is 0 Å². The summed E-state index contributed by atoms with van der Waals surface area (Å²) < 4.78 is 21.4. The fraction of sp³-hybridized carbons (Fsp3) is 0.400. The van der Waals surface area contributed by atoms with Crippen molar-refractivity contribution in [2.24, 2.45) is 5.14 Å². The van der Waals surface area contributed by atoms with E-state index in [2.05, 4.69) is 0 Å². The lowest BCUT2D eigenvalue weighted by Gasteiger charge is -2.09. The molecule has 0 saturated heterocycles. The predicted octanol–water partition coefficient (Wildman–Crippen LogP) is 0.187. The van der Waals surface area contributed by atoms with Gasteiger partial charge in [0.2, 0.25) is 10.0 Å². The fourth-order valence-electron chi connectivity index (χ4n) is 1.44. The van der Waals surface area contributed by atoms with Gasteiger partial charge in [-0.1, -0.05) is 29.8 Å². The Morgan fingerprint density at radius 1 is 1.47 bits per heavy atom. The normalized spacial score (nSPS) is 13.8. The van der Waals surface area contributed by atoms with E-state index in [1.165, 1.54) is 0 Å². The Morgan fingerprint density at radius 2 is 2.13 bits per heavy atom. The molecule has 84 valence electrons. The van der Waals surface area contributed by atoms with Gasteiger partial charge in [0, 0.05) is 0 Å². The molecule has 1 aromatic carbocycles. The van der Waals surface area contributed by atoms with Crippen LogP contribution in [0.15, 0.2) is 24.3 Å². The topological polar surface area (TPSA) is 80.4 Å². The number of aliphatic hydroxyl groups is 1. The zero-order chi connectivity index (χ0) is 11.5. The summed E-state index contributed by atoms with van der Waals surface area (Å²) in [5.74, 6) is -0.402. The highest BCUT2D eigenvalue weighted by atomic mass is 32.2. The molecule has 0 fully saturated rings. The van der Waals surface area contributed by atoms with Gasteiger partial charge in [0.15, 0.2) is 0 Å². The van der Waals surface area contributed by atoms with Crippen molar-refractivity contribution < 1.29 is 13.5 Å². The molecule has 4 nitrogen and oxygen atoms in total. The zero-order valence-electron chi connectivity index (χ0n) is 8.55. The van der Waals surface area contributed by atoms with Crippen LogP contribution in [0.5, 0.6) is 0 Å². The van der Waals surface area contributed by atoms with Gasteiger partial charge < -0.3 is 5.11 Å². The number of rotatable bonds is 4. The van der Waals surface area contributed by atoms with Crippen molar-refractivity contribution in [1.29, 1.82) is 0 Å². The summed E-state index contributed by atoms with van der Waals surface area (Å²) in [5.41, 5.74) is 1.99. The standard InChI is InChI=1S/C10H15NO3S/c1-8-3-2-4-9(5-8)6-10(12)7-15(11,13)14/h2-5,10,12H,6-7H2,1H3,(H2,11,13,14). The molecule has 1 aromatic rings. The lowest BCUT2D eigenvalue weighted by atomic mass is 10.1. The second-order valence-electron chi connectivity index (χ2n) is 3.68. The minimum absolute atomic E-state index is 0.304. The first kappa shape index (κ1) is 12.2. The Bertz CT molecular complexity index is 428. The zero-order valence-corrected chi connectivity index (χ0v) is 9.37. The molecule has 5 heteroatoms. The third-order valence-electron chi connectivity index (χ3n) is 1.98. The van der Waals surface area contributed by atoms with Crippen LogP contribution in [-0.4, -0.2) is 25.4 Å². The highest BCUT2D eigenvalue weighted by Crippen LogP contribution is 2.07. The van der Waals surface area contributed by atoms with Gasteiger partial charge in [-0.2, -0.15) is 0 Å². The Balaban J connectivity index is 2.63. The van der Waals surface area contributed by atoms with Crippen LogP contribution in [-0.2, 0) is 16.4 Å². The maximum absolute atomic E-state index is 10.7. The summed E-state index contributed by atoms with van der Waals surface area (Å²) in [6, 6.07) is 7.57. The number of primary sulfonamides is 1. The van der Waals surface area contributed by atoms with E-state index in [9.17, 15) is 13.5 Å². The second-order valence-corrected chi connectivity index (χ2v) is 5.34. The average molecular weight is 229 g/mol. The smallest absolute Gasteiger partial charge is 0.211 e. The molecule has 1 unspecified atom stereocenters. The first-order valence-corrected chi connectivity index (χ1v) is 6.32. The number of hydrogen-bond acceptors (Lipinski definition) is 3. The van der Waals surface area contributed by atoms with Gasteiger partial charge in [0.25, 0.3) is 0 Å². The van der Waals surface area contributed by atoms with E-state index in [1.54, 1.807) is 0 Å². The third kappa shape index (κ3) is 4.92. The number of aryl methyl sites for hydroxylation is 1. The largest absolute Gasteiger partial charge is 0.392 e. The molecule has 15 heavy (non-hydrogen) atoms. The van der Waals surface area contributed by atoms with Crippen LogP contribution in [0.4, 0.5) is 0 Å². The molecule has 0 spiro atoms. The van der Waals surface area contributed by atoms with Crippen LogP contribution in [0.25, 0.3) is 0 Å². The summed E-state index contributed by atoms with van der Waals surface area (Å²) >= 11 is 0. The molecule has 0 saturated carbocycles. The SMILES string of the molecule is Cc1cccc(CC(O)CS(N)(=O)=O)c1. The minimum Gasteiger partial charge on any atom is -0.392 e. The maximum atomic E-state index is 10.7. The molecule has 1 atom stereocenters. The lowest BCUT2D eigenvalue weighted by Crippen LogP contribution is -2.28. The monoisotopic (exact) mass is 229 g/mol. The van der Waals surface area contributed by atoms with E-state index < -0.39 is 21.9 Å². The molecule has 0 heterocycles.